The molecule has 2 fully saturated rings. The van der Waals surface area contributed by atoms with E-state index >= 15 is 0 Å². The van der Waals surface area contributed by atoms with E-state index in [1.807, 2.05) is 6.07 Å². The average molecular weight is 340 g/mol. The van der Waals surface area contributed by atoms with Crippen LogP contribution in [0.5, 0.6) is 0 Å². The van der Waals surface area contributed by atoms with Crippen LogP contribution in [0.3, 0.4) is 0 Å². The number of hydrogen-bond acceptors (Lipinski definition) is 3. The van der Waals surface area contributed by atoms with E-state index < -0.39 is 12.0 Å². The summed E-state index contributed by atoms with van der Waals surface area (Å²) in [5.41, 5.74) is -0.158. The van der Waals surface area contributed by atoms with Gasteiger partial charge in [-0.1, -0.05) is 31.0 Å². The van der Waals surface area contributed by atoms with Crippen LogP contribution < -0.4 is 5.56 Å². The van der Waals surface area contributed by atoms with E-state index in [0.29, 0.717) is 17.2 Å². The molecule has 1 aromatic heterocycles. The number of rotatable bonds is 2. The molecule has 3 atom stereocenters. The van der Waals surface area contributed by atoms with E-state index in [-0.39, 0.29) is 29.1 Å². The van der Waals surface area contributed by atoms with Gasteiger partial charge in [-0.05, 0) is 42.7 Å². The second-order valence-electron chi connectivity index (χ2n) is 7.01. The van der Waals surface area contributed by atoms with Crippen LogP contribution in [-0.2, 0) is 4.79 Å². The lowest BCUT2D eigenvalue weighted by atomic mass is 9.84. The van der Waals surface area contributed by atoms with Gasteiger partial charge in [-0.2, -0.15) is 0 Å². The molecule has 2 heterocycles. The van der Waals surface area contributed by atoms with Crippen molar-refractivity contribution in [3.63, 3.8) is 0 Å². The zero-order chi connectivity index (χ0) is 17.6. The first-order valence-electron chi connectivity index (χ1n) is 8.74. The maximum Gasteiger partial charge on any atom is 0.326 e. The van der Waals surface area contributed by atoms with Crippen LogP contribution in [0, 0.1) is 5.92 Å². The Labute approximate surface area is 144 Å². The highest BCUT2D eigenvalue weighted by molar-refractivity contribution is 5.98. The molecule has 6 heteroatoms. The highest BCUT2D eigenvalue weighted by Gasteiger charge is 2.47. The number of carboxylic acids is 1. The Morgan fingerprint density at radius 2 is 1.92 bits per heavy atom. The van der Waals surface area contributed by atoms with Gasteiger partial charge < -0.3 is 15.0 Å². The van der Waals surface area contributed by atoms with Crippen LogP contribution in [0.2, 0.25) is 0 Å². The second-order valence-corrected chi connectivity index (χ2v) is 7.01. The number of pyridine rings is 1. The molecule has 0 unspecified atom stereocenters. The molecule has 1 amide bonds. The van der Waals surface area contributed by atoms with E-state index in [2.05, 4.69) is 4.98 Å². The number of carbonyl (C=O) groups is 2. The smallest absolute Gasteiger partial charge is 0.326 e. The average Bonchev–Trinajstić information content (AvgIpc) is 3.01. The highest BCUT2D eigenvalue weighted by Crippen LogP contribution is 2.40. The maximum absolute atomic E-state index is 13.1. The molecule has 0 bridgehead atoms. The Bertz CT molecular complexity index is 904. The molecule has 0 spiro atoms. The molecular weight excluding hydrogens is 320 g/mol. The number of aliphatic carboxylic acids is 1. The number of aromatic nitrogens is 1. The highest BCUT2D eigenvalue weighted by atomic mass is 16.4. The summed E-state index contributed by atoms with van der Waals surface area (Å²) >= 11 is 0. The topological polar surface area (TPSA) is 90.5 Å². The van der Waals surface area contributed by atoms with Crippen molar-refractivity contribution in [1.82, 2.24) is 9.88 Å². The number of nitrogens with zero attached hydrogens (tertiary/aromatic N) is 1. The van der Waals surface area contributed by atoms with Crippen molar-refractivity contribution in [2.24, 2.45) is 5.92 Å². The fourth-order valence-corrected chi connectivity index (χ4v) is 4.44. The third-order valence-electron chi connectivity index (χ3n) is 5.59. The molecule has 130 valence electrons. The second kappa shape index (κ2) is 6.02. The molecule has 2 N–H and O–H groups in total. The van der Waals surface area contributed by atoms with Gasteiger partial charge in [-0.15, -0.1) is 0 Å². The first-order chi connectivity index (χ1) is 12.1. The molecule has 25 heavy (non-hydrogen) atoms. The van der Waals surface area contributed by atoms with E-state index in [1.54, 1.807) is 24.3 Å². The van der Waals surface area contributed by atoms with Crippen molar-refractivity contribution in [1.29, 1.82) is 0 Å². The Balaban J connectivity index is 1.76. The van der Waals surface area contributed by atoms with Crippen molar-refractivity contribution in [3.8, 4) is 0 Å². The lowest BCUT2D eigenvalue weighted by molar-refractivity contribution is -0.141. The lowest BCUT2D eigenvalue weighted by Gasteiger charge is -2.32. The first kappa shape index (κ1) is 15.9. The van der Waals surface area contributed by atoms with Gasteiger partial charge in [-0.25, -0.2) is 4.79 Å². The Hall–Kier alpha value is -2.63. The largest absolute Gasteiger partial charge is 0.480 e. The number of carbonyl (C=O) groups excluding carboxylic acids is 1. The van der Waals surface area contributed by atoms with E-state index in [9.17, 15) is 19.5 Å². The van der Waals surface area contributed by atoms with Gasteiger partial charge in [0.05, 0.1) is 0 Å². The number of nitrogens with one attached hydrogen (secondary N) is 1. The Kier molecular flexibility index (Phi) is 3.82. The molecule has 1 aromatic carbocycles. The number of carboxylic acid groups (broad SMARTS) is 1. The Morgan fingerprint density at radius 3 is 2.72 bits per heavy atom. The van der Waals surface area contributed by atoms with Gasteiger partial charge in [-0.3, -0.25) is 9.59 Å². The predicted molar refractivity (Wildman–Crippen MR) is 92.5 cm³/mol. The molecule has 1 saturated heterocycles. The van der Waals surface area contributed by atoms with Crippen LogP contribution >= 0.6 is 0 Å². The van der Waals surface area contributed by atoms with Gasteiger partial charge in [0.25, 0.3) is 11.5 Å². The molecule has 4 rings (SSSR count). The SMILES string of the molecule is O=C(O)[C@@H]1C[C@H]2CCCC[C@H]2N1C(=O)c1cc2ccccc2c(=O)[nH]1. The van der Waals surface area contributed by atoms with Gasteiger partial charge >= 0.3 is 5.97 Å². The minimum absolute atomic E-state index is 0.0441. The van der Waals surface area contributed by atoms with Crippen molar-refractivity contribution in [3.05, 3.63) is 46.4 Å². The van der Waals surface area contributed by atoms with Gasteiger partial charge in [0.2, 0.25) is 0 Å². The fourth-order valence-electron chi connectivity index (χ4n) is 4.44. The summed E-state index contributed by atoms with van der Waals surface area (Å²) in [7, 11) is 0. The van der Waals surface area contributed by atoms with Crippen LogP contribution in [0.15, 0.2) is 35.1 Å². The fraction of sp³-hybridized carbons (Fsp3) is 0.421. The summed E-state index contributed by atoms with van der Waals surface area (Å²) in [6.07, 6.45) is 4.39. The number of fused-ring (bicyclic) bond motifs is 2. The first-order valence-corrected chi connectivity index (χ1v) is 8.74. The minimum atomic E-state index is -0.967. The lowest BCUT2D eigenvalue weighted by Crippen LogP contribution is -2.46. The number of amides is 1. The van der Waals surface area contributed by atoms with Crippen LogP contribution in [0.25, 0.3) is 10.8 Å². The van der Waals surface area contributed by atoms with E-state index in [4.69, 9.17) is 0 Å². The number of likely N-dealkylation sites (tertiary alicyclic amines) is 1. The van der Waals surface area contributed by atoms with Crippen LogP contribution in [-0.4, -0.2) is 39.0 Å². The van der Waals surface area contributed by atoms with Crippen molar-refractivity contribution >= 4 is 22.6 Å². The molecule has 6 nitrogen and oxygen atoms in total. The summed E-state index contributed by atoms with van der Waals surface area (Å²) in [6, 6.07) is 7.86. The van der Waals surface area contributed by atoms with Crippen molar-refractivity contribution in [2.75, 3.05) is 0 Å². The molecule has 0 radical (unpaired) electrons. The molecule has 1 aliphatic heterocycles. The Morgan fingerprint density at radius 1 is 1.16 bits per heavy atom. The van der Waals surface area contributed by atoms with Crippen molar-refractivity contribution in [2.45, 2.75) is 44.2 Å². The molecule has 2 aromatic rings. The standard InChI is InChI=1S/C19H20N2O4/c22-17-13-7-3-1-5-11(13)9-14(20-17)18(23)21-15-8-4-2-6-12(15)10-16(21)19(24)25/h1,3,5,7,9,12,15-16H,2,4,6,8,10H2,(H,20,22)(H,24,25)/t12-,15-,16+/m1/s1. The zero-order valence-corrected chi connectivity index (χ0v) is 13.8. The van der Waals surface area contributed by atoms with Crippen LogP contribution in [0.1, 0.15) is 42.6 Å². The molecule has 2 aliphatic rings. The monoisotopic (exact) mass is 340 g/mol. The number of benzene rings is 1. The summed E-state index contributed by atoms with van der Waals surface area (Å²) in [6.45, 7) is 0. The van der Waals surface area contributed by atoms with Gasteiger partial charge in [0.1, 0.15) is 11.7 Å². The molecule has 1 saturated carbocycles. The van der Waals surface area contributed by atoms with Crippen LogP contribution in [0.4, 0.5) is 0 Å². The third kappa shape index (κ3) is 2.62. The van der Waals surface area contributed by atoms with E-state index in [0.717, 1.165) is 25.7 Å². The van der Waals surface area contributed by atoms with E-state index in [1.165, 1.54) is 4.90 Å². The zero-order valence-electron chi connectivity index (χ0n) is 13.8. The summed E-state index contributed by atoms with van der Waals surface area (Å²) < 4.78 is 0. The number of aromatic amines is 1. The third-order valence-corrected chi connectivity index (χ3v) is 5.59. The summed E-state index contributed by atoms with van der Waals surface area (Å²) in [5, 5.41) is 10.8. The molecular formula is C19H20N2O4. The summed E-state index contributed by atoms with van der Waals surface area (Å²) in [4.78, 5) is 41.2. The van der Waals surface area contributed by atoms with Gasteiger partial charge in [0.15, 0.2) is 0 Å². The quantitative estimate of drug-likeness (QED) is 0.878. The number of hydrogen-bond donors (Lipinski definition) is 2. The number of H-pyrrole nitrogens is 1. The van der Waals surface area contributed by atoms with Crippen molar-refractivity contribution < 1.29 is 14.7 Å². The minimum Gasteiger partial charge on any atom is -0.480 e. The predicted octanol–water partition coefficient (Wildman–Crippen LogP) is 2.39. The summed E-state index contributed by atoms with van der Waals surface area (Å²) in [5.74, 6) is -1.11. The molecule has 1 aliphatic carbocycles. The normalized spacial score (nSPS) is 25.8. The maximum atomic E-state index is 13.1. The van der Waals surface area contributed by atoms with Gasteiger partial charge in [0, 0.05) is 11.4 Å².